The fourth-order valence-corrected chi connectivity index (χ4v) is 2.00. The average molecular weight is 279 g/mol. The minimum absolute atomic E-state index is 0.0846. The highest BCUT2D eigenvalue weighted by molar-refractivity contribution is 5.99. The molecule has 1 aliphatic heterocycles. The molecule has 0 spiro atoms. The Hall–Kier alpha value is -1.91. The standard InChI is InChI=1S/C15H18FNO3/c1-15(2,3)20-14(19)17-8-10(9-17)13(18)11-6-4-5-7-12(11)16/h4-7,10H,8-9H2,1-3H3. The van der Waals surface area contributed by atoms with Gasteiger partial charge < -0.3 is 9.64 Å². The number of rotatable bonds is 2. The van der Waals surface area contributed by atoms with Crippen molar-refractivity contribution in [2.24, 2.45) is 5.92 Å². The van der Waals surface area contributed by atoms with E-state index in [0.29, 0.717) is 0 Å². The summed E-state index contributed by atoms with van der Waals surface area (Å²) in [7, 11) is 0. The van der Waals surface area contributed by atoms with E-state index >= 15 is 0 Å². The first-order valence-electron chi connectivity index (χ1n) is 6.54. The molecule has 0 unspecified atom stereocenters. The number of likely N-dealkylation sites (tertiary alicyclic amines) is 1. The number of carbonyl (C=O) groups excluding carboxylic acids is 2. The fraction of sp³-hybridized carbons (Fsp3) is 0.467. The van der Waals surface area contributed by atoms with Gasteiger partial charge in [-0.15, -0.1) is 0 Å². The normalized spacial score (nSPS) is 15.7. The molecule has 1 fully saturated rings. The molecule has 0 N–H and O–H groups in total. The van der Waals surface area contributed by atoms with Crippen LogP contribution in [0.2, 0.25) is 0 Å². The molecule has 108 valence electrons. The summed E-state index contributed by atoms with van der Waals surface area (Å²) in [5.41, 5.74) is -0.473. The van der Waals surface area contributed by atoms with Gasteiger partial charge in [-0.05, 0) is 32.9 Å². The molecule has 2 rings (SSSR count). The number of nitrogens with zero attached hydrogens (tertiary/aromatic N) is 1. The molecule has 1 heterocycles. The zero-order valence-corrected chi connectivity index (χ0v) is 11.9. The van der Waals surface area contributed by atoms with Crippen molar-refractivity contribution in [3.63, 3.8) is 0 Å². The first kappa shape index (κ1) is 14.5. The second-order valence-corrected chi connectivity index (χ2v) is 5.93. The first-order valence-corrected chi connectivity index (χ1v) is 6.54. The Labute approximate surface area is 117 Å². The summed E-state index contributed by atoms with van der Waals surface area (Å²) < 4.78 is 18.7. The number of ether oxygens (including phenoxy) is 1. The highest BCUT2D eigenvalue weighted by Crippen LogP contribution is 2.23. The van der Waals surface area contributed by atoms with Crippen molar-refractivity contribution in [2.75, 3.05) is 13.1 Å². The third kappa shape index (κ3) is 3.15. The highest BCUT2D eigenvalue weighted by Gasteiger charge is 2.38. The molecular formula is C15H18FNO3. The summed E-state index contributed by atoms with van der Waals surface area (Å²) in [6, 6.07) is 5.89. The number of benzene rings is 1. The highest BCUT2D eigenvalue weighted by atomic mass is 19.1. The van der Waals surface area contributed by atoms with Crippen LogP contribution in [0.3, 0.4) is 0 Å². The predicted molar refractivity (Wildman–Crippen MR) is 72.0 cm³/mol. The number of amides is 1. The van der Waals surface area contributed by atoms with E-state index in [1.54, 1.807) is 32.9 Å². The van der Waals surface area contributed by atoms with Crippen molar-refractivity contribution in [3.8, 4) is 0 Å². The predicted octanol–water partition coefficient (Wildman–Crippen LogP) is 2.88. The van der Waals surface area contributed by atoms with Gasteiger partial charge in [0.25, 0.3) is 0 Å². The summed E-state index contributed by atoms with van der Waals surface area (Å²) in [4.78, 5) is 25.3. The van der Waals surface area contributed by atoms with Crippen LogP contribution in [0.15, 0.2) is 24.3 Å². The van der Waals surface area contributed by atoms with Gasteiger partial charge in [0.1, 0.15) is 11.4 Å². The Balaban J connectivity index is 1.92. The van der Waals surface area contributed by atoms with Gasteiger partial charge >= 0.3 is 6.09 Å². The molecular weight excluding hydrogens is 261 g/mol. The van der Waals surface area contributed by atoms with Gasteiger partial charge in [0.2, 0.25) is 0 Å². The van der Waals surface area contributed by atoms with Crippen molar-refractivity contribution in [1.82, 2.24) is 4.90 Å². The monoisotopic (exact) mass is 279 g/mol. The molecule has 0 saturated carbocycles. The number of hydrogen-bond donors (Lipinski definition) is 0. The first-order chi connectivity index (χ1) is 9.28. The minimum Gasteiger partial charge on any atom is -0.444 e. The van der Waals surface area contributed by atoms with Crippen LogP contribution in [0.25, 0.3) is 0 Å². The van der Waals surface area contributed by atoms with E-state index in [9.17, 15) is 14.0 Å². The van der Waals surface area contributed by atoms with Crippen LogP contribution in [-0.4, -0.2) is 35.5 Å². The van der Waals surface area contributed by atoms with E-state index in [0.717, 1.165) is 0 Å². The van der Waals surface area contributed by atoms with E-state index in [2.05, 4.69) is 0 Å². The molecule has 0 atom stereocenters. The Kier molecular flexibility index (Phi) is 3.79. The SMILES string of the molecule is CC(C)(C)OC(=O)N1CC(C(=O)c2ccccc2F)C1. The van der Waals surface area contributed by atoms with Crippen LogP contribution in [0, 0.1) is 11.7 Å². The van der Waals surface area contributed by atoms with Crippen molar-refractivity contribution in [1.29, 1.82) is 0 Å². The van der Waals surface area contributed by atoms with Gasteiger partial charge in [-0.2, -0.15) is 0 Å². The number of halogens is 1. The Bertz CT molecular complexity index is 530. The lowest BCUT2D eigenvalue weighted by molar-refractivity contribution is 0.00144. The molecule has 0 aliphatic carbocycles. The maximum absolute atomic E-state index is 13.5. The Morgan fingerprint density at radius 1 is 1.25 bits per heavy atom. The molecule has 0 aromatic heterocycles. The van der Waals surface area contributed by atoms with Crippen molar-refractivity contribution in [2.45, 2.75) is 26.4 Å². The van der Waals surface area contributed by atoms with Crippen LogP contribution >= 0.6 is 0 Å². The van der Waals surface area contributed by atoms with Crippen LogP contribution in [-0.2, 0) is 4.74 Å². The summed E-state index contributed by atoms with van der Waals surface area (Å²) in [6.07, 6.45) is -0.435. The maximum Gasteiger partial charge on any atom is 0.410 e. The molecule has 5 heteroatoms. The van der Waals surface area contributed by atoms with Crippen LogP contribution in [0.4, 0.5) is 9.18 Å². The molecule has 0 radical (unpaired) electrons. The summed E-state index contributed by atoms with van der Waals surface area (Å²) in [5, 5.41) is 0. The quantitative estimate of drug-likeness (QED) is 0.782. The van der Waals surface area contributed by atoms with Crippen molar-refractivity contribution in [3.05, 3.63) is 35.6 Å². The second kappa shape index (κ2) is 5.23. The van der Waals surface area contributed by atoms with E-state index in [4.69, 9.17) is 4.74 Å². The van der Waals surface area contributed by atoms with Crippen LogP contribution < -0.4 is 0 Å². The largest absolute Gasteiger partial charge is 0.444 e. The zero-order chi connectivity index (χ0) is 14.9. The van der Waals surface area contributed by atoms with E-state index < -0.39 is 17.5 Å². The zero-order valence-electron chi connectivity index (χ0n) is 11.9. The van der Waals surface area contributed by atoms with Crippen molar-refractivity contribution >= 4 is 11.9 Å². The van der Waals surface area contributed by atoms with Gasteiger partial charge in [0.05, 0.1) is 11.5 Å². The lowest BCUT2D eigenvalue weighted by Gasteiger charge is -2.38. The third-order valence-corrected chi connectivity index (χ3v) is 3.04. The van der Waals surface area contributed by atoms with E-state index in [1.807, 2.05) is 0 Å². The minimum atomic E-state index is -0.558. The summed E-state index contributed by atoms with van der Waals surface area (Å²) in [6.45, 7) is 5.91. The Morgan fingerprint density at radius 2 is 1.85 bits per heavy atom. The van der Waals surface area contributed by atoms with E-state index in [1.165, 1.54) is 17.0 Å². The van der Waals surface area contributed by atoms with Gasteiger partial charge in [-0.3, -0.25) is 4.79 Å². The molecule has 4 nitrogen and oxygen atoms in total. The molecule has 1 saturated heterocycles. The van der Waals surface area contributed by atoms with E-state index in [-0.39, 0.29) is 30.4 Å². The molecule has 0 bridgehead atoms. The topological polar surface area (TPSA) is 46.6 Å². The lowest BCUT2D eigenvalue weighted by atomic mass is 9.91. The molecule has 1 aromatic carbocycles. The van der Waals surface area contributed by atoms with Gasteiger partial charge in [0, 0.05) is 13.1 Å². The average Bonchev–Trinajstić information content (AvgIpc) is 2.24. The molecule has 1 amide bonds. The fourth-order valence-electron chi connectivity index (χ4n) is 2.00. The molecule has 1 aliphatic rings. The number of ketones is 1. The van der Waals surface area contributed by atoms with Gasteiger partial charge in [0.15, 0.2) is 5.78 Å². The smallest absolute Gasteiger partial charge is 0.410 e. The Morgan fingerprint density at radius 3 is 2.40 bits per heavy atom. The van der Waals surface area contributed by atoms with Crippen LogP contribution in [0.1, 0.15) is 31.1 Å². The lowest BCUT2D eigenvalue weighted by Crippen LogP contribution is -2.54. The molecule has 1 aromatic rings. The van der Waals surface area contributed by atoms with Gasteiger partial charge in [-0.1, -0.05) is 12.1 Å². The third-order valence-electron chi connectivity index (χ3n) is 3.04. The number of hydrogen-bond acceptors (Lipinski definition) is 3. The van der Waals surface area contributed by atoms with Crippen molar-refractivity contribution < 1.29 is 18.7 Å². The second-order valence-electron chi connectivity index (χ2n) is 5.93. The van der Waals surface area contributed by atoms with Crippen LogP contribution in [0.5, 0.6) is 0 Å². The summed E-state index contributed by atoms with van der Waals surface area (Å²) in [5.74, 6) is -1.13. The number of Topliss-reactive ketones (excluding diaryl/α,β-unsaturated/α-hetero) is 1. The maximum atomic E-state index is 13.5. The number of carbonyl (C=O) groups is 2. The van der Waals surface area contributed by atoms with Gasteiger partial charge in [-0.25, -0.2) is 9.18 Å². The summed E-state index contributed by atoms with van der Waals surface area (Å²) >= 11 is 0. The molecule has 20 heavy (non-hydrogen) atoms.